The Kier molecular flexibility index (Phi) is 5.16. The third-order valence-corrected chi connectivity index (χ3v) is 3.52. The van der Waals surface area contributed by atoms with Crippen LogP contribution in [0.3, 0.4) is 0 Å². The third-order valence-electron chi connectivity index (χ3n) is 3.12. The molecule has 0 bridgehead atoms. The van der Waals surface area contributed by atoms with Crippen LogP contribution in [0.25, 0.3) is 0 Å². The lowest BCUT2D eigenvalue weighted by Crippen LogP contribution is -2.06. The van der Waals surface area contributed by atoms with Crippen molar-refractivity contribution in [3.63, 3.8) is 0 Å². The Morgan fingerprint density at radius 2 is 1.92 bits per heavy atom. The van der Waals surface area contributed by atoms with Crippen molar-refractivity contribution in [1.29, 1.82) is 0 Å². The molecule has 1 heteroatoms. The summed E-state index contributed by atoms with van der Waals surface area (Å²) in [5.74, 6) is 1.78. The standard InChI is InChI=1S/C12H23Cl/c1-10(2)7-8-11-5-3-4-6-12(13)9-11/h10-12H,3-9H2,1-2H3. The summed E-state index contributed by atoms with van der Waals surface area (Å²) in [6.07, 6.45) is 9.50. The van der Waals surface area contributed by atoms with Gasteiger partial charge in [-0.1, -0.05) is 46.0 Å². The average molecular weight is 203 g/mol. The highest BCUT2D eigenvalue weighted by Gasteiger charge is 2.18. The fourth-order valence-electron chi connectivity index (χ4n) is 2.23. The average Bonchev–Trinajstić information content (AvgIpc) is 2.26. The summed E-state index contributed by atoms with van der Waals surface area (Å²) in [6.45, 7) is 4.63. The van der Waals surface area contributed by atoms with Crippen LogP contribution in [-0.2, 0) is 0 Å². The molecule has 78 valence electrons. The second-order valence-electron chi connectivity index (χ2n) is 4.95. The van der Waals surface area contributed by atoms with Gasteiger partial charge >= 0.3 is 0 Å². The van der Waals surface area contributed by atoms with Crippen molar-refractivity contribution in [2.75, 3.05) is 0 Å². The third kappa shape index (κ3) is 4.90. The van der Waals surface area contributed by atoms with E-state index < -0.39 is 0 Å². The molecule has 1 saturated carbocycles. The fraction of sp³-hybridized carbons (Fsp3) is 1.00. The maximum absolute atomic E-state index is 6.23. The molecule has 1 aliphatic carbocycles. The summed E-state index contributed by atoms with van der Waals surface area (Å²) < 4.78 is 0. The van der Waals surface area contributed by atoms with Gasteiger partial charge in [-0.25, -0.2) is 0 Å². The molecule has 0 aromatic carbocycles. The van der Waals surface area contributed by atoms with Crippen LogP contribution < -0.4 is 0 Å². The molecule has 0 aromatic rings. The molecular weight excluding hydrogens is 180 g/mol. The summed E-state index contributed by atoms with van der Waals surface area (Å²) >= 11 is 6.23. The van der Waals surface area contributed by atoms with Crippen molar-refractivity contribution in [2.24, 2.45) is 11.8 Å². The van der Waals surface area contributed by atoms with E-state index in [1.165, 1.54) is 44.9 Å². The van der Waals surface area contributed by atoms with Gasteiger partial charge in [-0.15, -0.1) is 11.6 Å². The Hall–Kier alpha value is 0.290. The topological polar surface area (TPSA) is 0 Å². The number of alkyl halides is 1. The molecule has 2 atom stereocenters. The predicted octanol–water partition coefficient (Wildman–Crippen LogP) is 4.61. The van der Waals surface area contributed by atoms with Crippen LogP contribution in [0.1, 0.15) is 58.8 Å². The van der Waals surface area contributed by atoms with Crippen LogP contribution in [0.4, 0.5) is 0 Å². The van der Waals surface area contributed by atoms with Crippen LogP contribution >= 0.6 is 11.6 Å². The number of hydrogen-bond donors (Lipinski definition) is 0. The molecule has 0 saturated heterocycles. The second kappa shape index (κ2) is 5.90. The minimum atomic E-state index is 0.472. The van der Waals surface area contributed by atoms with Gasteiger partial charge in [0.2, 0.25) is 0 Å². The van der Waals surface area contributed by atoms with E-state index in [2.05, 4.69) is 13.8 Å². The van der Waals surface area contributed by atoms with Gasteiger partial charge in [0.05, 0.1) is 0 Å². The molecule has 2 unspecified atom stereocenters. The molecule has 0 spiro atoms. The molecule has 0 N–H and O–H groups in total. The first kappa shape index (κ1) is 11.4. The van der Waals surface area contributed by atoms with Gasteiger partial charge in [0.1, 0.15) is 0 Å². The van der Waals surface area contributed by atoms with Crippen molar-refractivity contribution in [2.45, 2.75) is 64.2 Å². The highest BCUT2D eigenvalue weighted by Crippen LogP contribution is 2.30. The van der Waals surface area contributed by atoms with Crippen LogP contribution in [0.15, 0.2) is 0 Å². The molecule has 0 aliphatic heterocycles. The Bertz CT molecular complexity index is 131. The van der Waals surface area contributed by atoms with Crippen molar-refractivity contribution in [1.82, 2.24) is 0 Å². The van der Waals surface area contributed by atoms with E-state index in [9.17, 15) is 0 Å². The molecule has 13 heavy (non-hydrogen) atoms. The molecule has 0 nitrogen and oxygen atoms in total. The Labute approximate surface area is 88.1 Å². The second-order valence-corrected chi connectivity index (χ2v) is 5.57. The molecule has 0 heterocycles. The van der Waals surface area contributed by atoms with E-state index in [4.69, 9.17) is 11.6 Å². The lowest BCUT2D eigenvalue weighted by molar-refractivity contribution is 0.386. The fourth-order valence-corrected chi connectivity index (χ4v) is 2.63. The molecule has 0 amide bonds. The van der Waals surface area contributed by atoms with Crippen LogP contribution in [0.2, 0.25) is 0 Å². The molecule has 1 aliphatic rings. The first-order valence-electron chi connectivity index (χ1n) is 5.82. The zero-order valence-electron chi connectivity index (χ0n) is 9.06. The van der Waals surface area contributed by atoms with Gasteiger partial charge in [0.25, 0.3) is 0 Å². The van der Waals surface area contributed by atoms with Crippen LogP contribution in [0, 0.1) is 11.8 Å². The van der Waals surface area contributed by atoms with Crippen LogP contribution in [0.5, 0.6) is 0 Å². The summed E-state index contributed by atoms with van der Waals surface area (Å²) in [5, 5.41) is 0.472. The number of hydrogen-bond acceptors (Lipinski definition) is 0. The first-order valence-corrected chi connectivity index (χ1v) is 6.26. The van der Waals surface area contributed by atoms with E-state index in [1.807, 2.05) is 0 Å². The lowest BCUT2D eigenvalue weighted by Gasteiger charge is -2.16. The largest absolute Gasteiger partial charge is 0.123 e. The minimum Gasteiger partial charge on any atom is -0.123 e. The summed E-state index contributed by atoms with van der Waals surface area (Å²) in [6, 6.07) is 0. The maximum atomic E-state index is 6.23. The maximum Gasteiger partial charge on any atom is 0.0338 e. The van der Waals surface area contributed by atoms with Crippen molar-refractivity contribution >= 4 is 11.6 Å². The molecule has 1 fully saturated rings. The van der Waals surface area contributed by atoms with Gasteiger partial charge in [-0.2, -0.15) is 0 Å². The SMILES string of the molecule is CC(C)CCC1CCCCC(Cl)C1. The van der Waals surface area contributed by atoms with Crippen molar-refractivity contribution in [3.8, 4) is 0 Å². The van der Waals surface area contributed by atoms with Gasteiger partial charge in [0, 0.05) is 5.38 Å². The normalized spacial score (nSPS) is 30.5. The van der Waals surface area contributed by atoms with E-state index >= 15 is 0 Å². The molecule has 1 rings (SSSR count). The number of halogens is 1. The molecule has 0 radical (unpaired) electrons. The van der Waals surface area contributed by atoms with E-state index in [1.54, 1.807) is 0 Å². The highest BCUT2D eigenvalue weighted by atomic mass is 35.5. The quantitative estimate of drug-likeness (QED) is 0.463. The van der Waals surface area contributed by atoms with Gasteiger partial charge < -0.3 is 0 Å². The minimum absolute atomic E-state index is 0.472. The van der Waals surface area contributed by atoms with Gasteiger partial charge in [-0.05, 0) is 24.7 Å². The number of rotatable bonds is 3. The van der Waals surface area contributed by atoms with Crippen molar-refractivity contribution < 1.29 is 0 Å². The van der Waals surface area contributed by atoms with Crippen molar-refractivity contribution in [3.05, 3.63) is 0 Å². The molecule has 0 aromatic heterocycles. The summed E-state index contributed by atoms with van der Waals surface area (Å²) in [4.78, 5) is 0. The Morgan fingerprint density at radius 3 is 2.62 bits per heavy atom. The molecular formula is C12H23Cl. The van der Waals surface area contributed by atoms with E-state index in [0.29, 0.717) is 5.38 Å². The van der Waals surface area contributed by atoms with Gasteiger partial charge in [0.15, 0.2) is 0 Å². The first-order chi connectivity index (χ1) is 6.18. The van der Waals surface area contributed by atoms with E-state index in [0.717, 1.165) is 11.8 Å². The predicted molar refractivity (Wildman–Crippen MR) is 60.3 cm³/mol. The zero-order valence-corrected chi connectivity index (χ0v) is 9.82. The zero-order chi connectivity index (χ0) is 9.68. The summed E-state index contributed by atoms with van der Waals surface area (Å²) in [5.41, 5.74) is 0. The highest BCUT2D eigenvalue weighted by molar-refractivity contribution is 6.20. The Morgan fingerprint density at radius 1 is 1.23 bits per heavy atom. The van der Waals surface area contributed by atoms with E-state index in [-0.39, 0.29) is 0 Å². The lowest BCUT2D eigenvalue weighted by atomic mass is 9.92. The Balaban J connectivity index is 2.22. The van der Waals surface area contributed by atoms with Crippen LogP contribution in [-0.4, -0.2) is 5.38 Å². The summed E-state index contributed by atoms with van der Waals surface area (Å²) in [7, 11) is 0. The van der Waals surface area contributed by atoms with Gasteiger partial charge in [-0.3, -0.25) is 0 Å². The monoisotopic (exact) mass is 202 g/mol. The smallest absolute Gasteiger partial charge is 0.0338 e.